The van der Waals surface area contributed by atoms with Gasteiger partial charge >= 0.3 is 0 Å². The minimum Gasteiger partial charge on any atom is -0.335 e. The van der Waals surface area contributed by atoms with E-state index in [9.17, 15) is 4.39 Å². The molecule has 18 heavy (non-hydrogen) atoms. The zero-order valence-electron chi connectivity index (χ0n) is 10.5. The number of hydrogen-bond acceptors (Lipinski definition) is 0. The van der Waals surface area contributed by atoms with Crippen LogP contribution < -0.4 is 10.2 Å². The molecule has 1 aromatic carbocycles. The second kappa shape index (κ2) is 5.16. The maximum atomic E-state index is 13.7. The predicted octanol–water partition coefficient (Wildman–Crippen LogP) is 0.220. The highest BCUT2D eigenvalue weighted by atomic mass is 35.5. The van der Waals surface area contributed by atoms with Crippen molar-refractivity contribution in [2.75, 3.05) is 19.6 Å². The maximum Gasteiger partial charge on any atom is 0.139 e. The summed E-state index contributed by atoms with van der Waals surface area (Å²) in [5, 5.41) is 2.85. The minimum atomic E-state index is -0.174. The molecule has 0 amide bonds. The highest BCUT2D eigenvalue weighted by Gasteiger charge is 2.39. The Bertz CT molecular complexity index is 410. The van der Waals surface area contributed by atoms with E-state index in [4.69, 9.17) is 11.6 Å². The SMILES string of the molecule is Fc1cccc(Cl)c1C[NH2+][C@@H]1C[NH+]2CCC1CC2. The highest BCUT2D eigenvalue weighted by molar-refractivity contribution is 6.31. The molecule has 1 aromatic rings. The van der Waals surface area contributed by atoms with E-state index in [0.29, 0.717) is 23.2 Å². The van der Waals surface area contributed by atoms with Gasteiger partial charge in [-0.15, -0.1) is 0 Å². The summed E-state index contributed by atoms with van der Waals surface area (Å²) in [5.41, 5.74) is 0.658. The number of nitrogens with two attached hydrogens (primary N) is 1. The van der Waals surface area contributed by atoms with E-state index in [1.807, 2.05) is 0 Å². The molecule has 2 nitrogen and oxygen atoms in total. The summed E-state index contributed by atoms with van der Waals surface area (Å²) in [4.78, 5) is 1.72. The van der Waals surface area contributed by atoms with Crippen molar-refractivity contribution in [2.24, 2.45) is 5.92 Å². The molecule has 0 unspecified atom stereocenters. The fraction of sp³-hybridized carbons (Fsp3) is 0.571. The van der Waals surface area contributed by atoms with Crippen molar-refractivity contribution in [3.05, 3.63) is 34.6 Å². The summed E-state index contributed by atoms with van der Waals surface area (Å²) in [7, 11) is 0. The fourth-order valence-corrected chi connectivity index (χ4v) is 3.69. The molecular weight excluding hydrogens is 251 g/mol. The Kier molecular flexibility index (Phi) is 3.55. The molecule has 4 rings (SSSR count). The van der Waals surface area contributed by atoms with Crippen molar-refractivity contribution in [2.45, 2.75) is 25.4 Å². The number of nitrogens with one attached hydrogen (secondary N) is 1. The van der Waals surface area contributed by atoms with Crippen LogP contribution in [0, 0.1) is 11.7 Å². The van der Waals surface area contributed by atoms with Crippen LogP contribution in [-0.4, -0.2) is 25.7 Å². The largest absolute Gasteiger partial charge is 0.335 e. The van der Waals surface area contributed by atoms with E-state index < -0.39 is 0 Å². The van der Waals surface area contributed by atoms with E-state index in [2.05, 4.69) is 5.32 Å². The zero-order chi connectivity index (χ0) is 12.5. The topological polar surface area (TPSA) is 21.1 Å². The van der Waals surface area contributed by atoms with Gasteiger partial charge in [0.15, 0.2) is 0 Å². The summed E-state index contributed by atoms with van der Waals surface area (Å²) in [6.07, 6.45) is 2.67. The average molecular weight is 271 g/mol. The number of rotatable bonds is 3. The molecule has 0 spiro atoms. The van der Waals surface area contributed by atoms with Crippen molar-refractivity contribution >= 4 is 11.6 Å². The van der Waals surface area contributed by atoms with Crippen LogP contribution in [0.5, 0.6) is 0 Å². The Balaban J connectivity index is 1.64. The molecule has 0 aliphatic carbocycles. The number of hydrogen-bond donors (Lipinski definition) is 2. The van der Waals surface area contributed by atoms with Gasteiger partial charge in [0.25, 0.3) is 0 Å². The van der Waals surface area contributed by atoms with Crippen LogP contribution >= 0.6 is 11.6 Å². The minimum absolute atomic E-state index is 0.174. The first-order valence-corrected chi connectivity index (χ1v) is 7.21. The smallest absolute Gasteiger partial charge is 0.139 e. The summed E-state index contributed by atoms with van der Waals surface area (Å²) in [6.45, 7) is 4.56. The summed E-state index contributed by atoms with van der Waals surface area (Å²) >= 11 is 6.06. The van der Waals surface area contributed by atoms with Crippen LogP contribution in [0.2, 0.25) is 5.02 Å². The molecule has 1 atom stereocenters. The third kappa shape index (κ3) is 2.40. The summed E-state index contributed by atoms with van der Waals surface area (Å²) in [5.74, 6) is 0.653. The normalized spacial score (nSPS) is 30.7. The van der Waals surface area contributed by atoms with Gasteiger partial charge in [0, 0.05) is 18.8 Å². The van der Waals surface area contributed by atoms with Crippen LogP contribution in [0.15, 0.2) is 18.2 Å². The molecule has 3 saturated heterocycles. The number of piperidine rings is 3. The molecule has 98 valence electrons. The number of quaternary nitrogens is 2. The predicted molar refractivity (Wildman–Crippen MR) is 69.1 cm³/mol. The van der Waals surface area contributed by atoms with Gasteiger partial charge in [-0.3, -0.25) is 0 Å². The van der Waals surface area contributed by atoms with E-state index in [-0.39, 0.29) is 5.82 Å². The van der Waals surface area contributed by atoms with E-state index in [1.165, 1.54) is 38.5 Å². The molecule has 3 fully saturated rings. The molecule has 4 heteroatoms. The van der Waals surface area contributed by atoms with Crippen LogP contribution in [0.3, 0.4) is 0 Å². The van der Waals surface area contributed by atoms with Gasteiger partial charge in [0.2, 0.25) is 0 Å². The first-order chi connectivity index (χ1) is 8.74. The first kappa shape index (κ1) is 12.4. The monoisotopic (exact) mass is 270 g/mol. The lowest BCUT2D eigenvalue weighted by molar-refractivity contribution is -0.943. The van der Waals surface area contributed by atoms with E-state index in [0.717, 1.165) is 5.92 Å². The Morgan fingerprint density at radius 2 is 2.11 bits per heavy atom. The van der Waals surface area contributed by atoms with Crippen LogP contribution in [0.1, 0.15) is 18.4 Å². The fourth-order valence-electron chi connectivity index (χ4n) is 3.45. The number of halogens is 2. The molecule has 3 aliphatic rings. The van der Waals surface area contributed by atoms with Gasteiger partial charge < -0.3 is 10.2 Å². The van der Waals surface area contributed by atoms with E-state index >= 15 is 0 Å². The molecular formula is C14H20ClFN2+2. The van der Waals surface area contributed by atoms with E-state index in [1.54, 1.807) is 17.0 Å². The quantitative estimate of drug-likeness (QED) is 0.784. The average Bonchev–Trinajstić information content (AvgIpc) is 2.39. The van der Waals surface area contributed by atoms with Crippen LogP contribution in [0.4, 0.5) is 4.39 Å². The standard InChI is InChI=1S/C14H18ClFN2/c15-12-2-1-3-13(16)11(12)8-17-14-9-18-6-4-10(14)5-7-18/h1-3,10,14,17H,4-9H2/p+2/t14-/m1/s1. The van der Waals surface area contributed by atoms with Gasteiger partial charge in [0.05, 0.1) is 23.7 Å². The molecule has 3 N–H and O–H groups in total. The van der Waals surface area contributed by atoms with Crippen molar-refractivity contribution in [3.63, 3.8) is 0 Å². The van der Waals surface area contributed by atoms with Gasteiger partial charge in [-0.25, -0.2) is 4.39 Å². The molecule has 0 radical (unpaired) electrons. The maximum absolute atomic E-state index is 13.7. The van der Waals surface area contributed by atoms with Gasteiger partial charge in [-0.2, -0.15) is 0 Å². The molecule has 0 saturated carbocycles. The summed E-state index contributed by atoms with van der Waals surface area (Å²) in [6, 6.07) is 5.59. The Morgan fingerprint density at radius 3 is 2.72 bits per heavy atom. The number of fused-ring (bicyclic) bond motifs is 3. The third-order valence-corrected chi connectivity index (χ3v) is 4.91. The second-order valence-electron chi connectivity index (χ2n) is 5.60. The zero-order valence-corrected chi connectivity index (χ0v) is 11.2. The molecule has 0 aromatic heterocycles. The lowest BCUT2D eigenvalue weighted by atomic mass is 9.84. The lowest BCUT2D eigenvalue weighted by Crippen LogP contribution is -3.20. The Labute approximate surface area is 112 Å². The van der Waals surface area contributed by atoms with Gasteiger partial charge in [-0.1, -0.05) is 17.7 Å². The van der Waals surface area contributed by atoms with Crippen molar-refractivity contribution in [1.29, 1.82) is 0 Å². The Hall–Kier alpha value is -0.640. The summed E-state index contributed by atoms with van der Waals surface area (Å²) < 4.78 is 13.7. The number of benzene rings is 1. The van der Waals surface area contributed by atoms with Gasteiger partial charge in [-0.05, 0) is 12.1 Å². The second-order valence-corrected chi connectivity index (χ2v) is 6.00. The highest BCUT2D eigenvalue weighted by Crippen LogP contribution is 2.19. The molecule has 2 bridgehead atoms. The third-order valence-electron chi connectivity index (χ3n) is 4.55. The molecule has 3 heterocycles. The lowest BCUT2D eigenvalue weighted by Gasteiger charge is -2.40. The van der Waals surface area contributed by atoms with Crippen LogP contribution in [0.25, 0.3) is 0 Å². The molecule has 3 aliphatic heterocycles. The van der Waals surface area contributed by atoms with Crippen molar-refractivity contribution in [3.8, 4) is 0 Å². The van der Waals surface area contributed by atoms with Crippen LogP contribution in [-0.2, 0) is 6.54 Å². The van der Waals surface area contributed by atoms with Gasteiger partial charge in [0.1, 0.15) is 24.9 Å². The van der Waals surface area contributed by atoms with Crippen molar-refractivity contribution in [1.82, 2.24) is 0 Å². The first-order valence-electron chi connectivity index (χ1n) is 6.84. The Morgan fingerprint density at radius 1 is 1.33 bits per heavy atom. The van der Waals surface area contributed by atoms with Crippen molar-refractivity contribution < 1.29 is 14.6 Å².